The molecule has 4 nitrogen and oxygen atoms in total. The summed E-state index contributed by atoms with van der Waals surface area (Å²) in [7, 11) is 2.04. The molecule has 2 aromatic rings. The minimum atomic E-state index is 0.191. The Labute approximate surface area is 131 Å². The van der Waals surface area contributed by atoms with Crippen LogP contribution >= 0.6 is 0 Å². The fourth-order valence-corrected chi connectivity index (χ4v) is 3.89. The summed E-state index contributed by atoms with van der Waals surface area (Å²) >= 11 is 0. The maximum absolute atomic E-state index is 9.78. The summed E-state index contributed by atoms with van der Waals surface area (Å²) < 4.78 is 2.09. The van der Waals surface area contributed by atoms with E-state index >= 15 is 0 Å². The summed E-state index contributed by atoms with van der Waals surface area (Å²) in [5.41, 5.74) is 6.83. The van der Waals surface area contributed by atoms with Crippen LogP contribution in [0.15, 0.2) is 24.5 Å². The van der Waals surface area contributed by atoms with Crippen LogP contribution in [-0.2, 0) is 39.4 Å². The average molecular weight is 297 g/mol. The number of benzene rings is 1. The zero-order valence-electron chi connectivity index (χ0n) is 13.1. The Balaban J connectivity index is 1.57. The van der Waals surface area contributed by atoms with Crippen molar-refractivity contribution in [3.63, 3.8) is 0 Å². The normalized spacial score (nSPS) is 20.9. The smallest absolute Gasteiger partial charge is 0.0949 e. The molecule has 22 heavy (non-hydrogen) atoms. The summed E-state index contributed by atoms with van der Waals surface area (Å²) in [6.07, 6.45) is 6.51. The molecule has 1 aliphatic carbocycles. The number of aliphatic hydroxyl groups excluding tert-OH is 1. The van der Waals surface area contributed by atoms with Crippen LogP contribution < -0.4 is 0 Å². The molecule has 0 radical (unpaired) electrons. The molecule has 4 rings (SSSR count). The molecule has 1 aromatic heterocycles. The second kappa shape index (κ2) is 5.52. The van der Waals surface area contributed by atoms with E-state index in [0.717, 1.165) is 25.2 Å². The molecule has 2 heterocycles. The zero-order chi connectivity index (χ0) is 15.1. The monoisotopic (exact) mass is 297 g/mol. The van der Waals surface area contributed by atoms with E-state index in [1.807, 2.05) is 13.4 Å². The van der Waals surface area contributed by atoms with Gasteiger partial charge in [0.1, 0.15) is 0 Å². The van der Waals surface area contributed by atoms with E-state index in [2.05, 4.69) is 32.7 Å². The Bertz CT molecular complexity index is 692. The van der Waals surface area contributed by atoms with Crippen molar-refractivity contribution in [2.45, 2.75) is 44.8 Å². The molecule has 0 saturated carbocycles. The second-order valence-electron chi connectivity index (χ2n) is 6.65. The molecular weight excluding hydrogens is 274 g/mol. The molecule has 0 amide bonds. The average Bonchev–Trinajstić information content (AvgIpc) is 3.13. The minimum Gasteiger partial charge on any atom is -0.395 e. The van der Waals surface area contributed by atoms with Crippen LogP contribution in [0.5, 0.6) is 0 Å². The molecule has 1 aromatic carbocycles. The number of hydrogen-bond acceptors (Lipinski definition) is 3. The van der Waals surface area contributed by atoms with E-state index in [-0.39, 0.29) is 12.6 Å². The van der Waals surface area contributed by atoms with Gasteiger partial charge in [0, 0.05) is 38.3 Å². The van der Waals surface area contributed by atoms with Crippen molar-refractivity contribution < 1.29 is 5.11 Å². The van der Waals surface area contributed by atoms with E-state index in [1.54, 1.807) is 0 Å². The van der Waals surface area contributed by atoms with Crippen molar-refractivity contribution >= 4 is 0 Å². The summed E-state index contributed by atoms with van der Waals surface area (Å²) in [5, 5.41) is 9.78. The van der Waals surface area contributed by atoms with Crippen molar-refractivity contribution in [1.29, 1.82) is 0 Å². The van der Waals surface area contributed by atoms with Crippen molar-refractivity contribution in [3.05, 3.63) is 52.6 Å². The third-order valence-corrected chi connectivity index (χ3v) is 5.20. The number of fused-ring (bicyclic) bond motifs is 2. The van der Waals surface area contributed by atoms with Crippen molar-refractivity contribution in [2.24, 2.45) is 7.05 Å². The third kappa shape index (κ3) is 2.36. The number of hydrogen-bond donors (Lipinski definition) is 1. The van der Waals surface area contributed by atoms with E-state index in [1.165, 1.54) is 41.6 Å². The highest BCUT2D eigenvalue weighted by atomic mass is 16.3. The predicted octanol–water partition coefficient (Wildman–Crippen LogP) is 1.83. The van der Waals surface area contributed by atoms with Crippen LogP contribution in [0.25, 0.3) is 0 Å². The molecule has 4 heteroatoms. The molecule has 0 fully saturated rings. The van der Waals surface area contributed by atoms with Crippen LogP contribution in [0, 0.1) is 0 Å². The lowest BCUT2D eigenvalue weighted by Gasteiger charge is -2.34. The van der Waals surface area contributed by atoms with Crippen LogP contribution in [0.3, 0.4) is 0 Å². The molecule has 1 aliphatic heterocycles. The molecule has 116 valence electrons. The van der Waals surface area contributed by atoms with Gasteiger partial charge in [0.15, 0.2) is 0 Å². The van der Waals surface area contributed by atoms with Crippen LogP contribution in [0.1, 0.15) is 34.5 Å². The number of rotatable bonds is 3. The molecule has 1 unspecified atom stereocenters. The lowest BCUT2D eigenvalue weighted by atomic mass is 10.0. The zero-order valence-corrected chi connectivity index (χ0v) is 13.1. The minimum absolute atomic E-state index is 0.191. The van der Waals surface area contributed by atoms with Gasteiger partial charge in [-0.2, -0.15) is 0 Å². The standard InChI is InChI=1S/C18H23N3O/c1-20-12-19-17-10-21(16(11-22)8-18(17)20)9-13-5-6-14-3-2-4-15(14)7-13/h5-7,12,16,22H,2-4,8-11H2,1H3. The third-order valence-electron chi connectivity index (χ3n) is 5.20. The summed E-state index contributed by atoms with van der Waals surface area (Å²) in [5.74, 6) is 0. The van der Waals surface area contributed by atoms with E-state index in [0.29, 0.717) is 0 Å². The first-order valence-corrected chi connectivity index (χ1v) is 8.19. The van der Waals surface area contributed by atoms with Gasteiger partial charge in [-0.1, -0.05) is 18.2 Å². The lowest BCUT2D eigenvalue weighted by Crippen LogP contribution is -2.42. The van der Waals surface area contributed by atoms with Gasteiger partial charge in [-0.3, -0.25) is 4.90 Å². The quantitative estimate of drug-likeness (QED) is 0.940. The first-order chi connectivity index (χ1) is 10.7. The highest BCUT2D eigenvalue weighted by Crippen LogP contribution is 2.26. The lowest BCUT2D eigenvalue weighted by molar-refractivity contribution is 0.0967. The summed E-state index contributed by atoms with van der Waals surface area (Å²) in [6, 6.07) is 7.11. The number of aryl methyl sites for hydroxylation is 3. The van der Waals surface area contributed by atoms with Gasteiger partial charge >= 0.3 is 0 Å². The van der Waals surface area contributed by atoms with Crippen molar-refractivity contribution in [3.8, 4) is 0 Å². The Morgan fingerprint density at radius 1 is 1.27 bits per heavy atom. The molecule has 0 spiro atoms. The van der Waals surface area contributed by atoms with Crippen molar-refractivity contribution in [2.75, 3.05) is 6.61 Å². The highest BCUT2D eigenvalue weighted by Gasteiger charge is 2.28. The van der Waals surface area contributed by atoms with Crippen LogP contribution in [0.4, 0.5) is 0 Å². The maximum atomic E-state index is 9.78. The number of aliphatic hydroxyl groups is 1. The predicted molar refractivity (Wildman–Crippen MR) is 85.5 cm³/mol. The van der Waals surface area contributed by atoms with E-state index in [9.17, 15) is 5.11 Å². The Morgan fingerprint density at radius 3 is 3.00 bits per heavy atom. The number of nitrogens with zero attached hydrogens (tertiary/aromatic N) is 3. The van der Waals surface area contributed by atoms with Gasteiger partial charge in [0.2, 0.25) is 0 Å². The number of imidazole rings is 1. The fraction of sp³-hybridized carbons (Fsp3) is 0.500. The van der Waals surface area contributed by atoms with Crippen molar-refractivity contribution in [1.82, 2.24) is 14.5 Å². The number of aromatic nitrogens is 2. The van der Waals surface area contributed by atoms with Gasteiger partial charge in [0.05, 0.1) is 18.6 Å². The summed E-state index contributed by atoms with van der Waals surface area (Å²) in [4.78, 5) is 6.88. The Hall–Kier alpha value is -1.65. The van der Waals surface area contributed by atoms with Gasteiger partial charge in [-0.25, -0.2) is 4.98 Å². The van der Waals surface area contributed by atoms with E-state index < -0.39 is 0 Å². The highest BCUT2D eigenvalue weighted by molar-refractivity contribution is 5.35. The second-order valence-corrected chi connectivity index (χ2v) is 6.65. The van der Waals surface area contributed by atoms with Crippen LogP contribution in [-0.4, -0.2) is 32.2 Å². The Morgan fingerprint density at radius 2 is 2.14 bits per heavy atom. The van der Waals surface area contributed by atoms with Gasteiger partial charge in [-0.15, -0.1) is 0 Å². The largest absolute Gasteiger partial charge is 0.395 e. The maximum Gasteiger partial charge on any atom is 0.0949 e. The Kier molecular flexibility index (Phi) is 3.51. The molecule has 1 atom stereocenters. The van der Waals surface area contributed by atoms with Gasteiger partial charge in [-0.05, 0) is 36.0 Å². The fourth-order valence-electron chi connectivity index (χ4n) is 3.89. The molecule has 0 saturated heterocycles. The SMILES string of the molecule is Cn1cnc2c1CC(CO)N(Cc1ccc3c(c1)CCC3)C2. The van der Waals surface area contributed by atoms with Gasteiger partial charge in [0.25, 0.3) is 0 Å². The van der Waals surface area contributed by atoms with E-state index in [4.69, 9.17) is 0 Å². The van der Waals surface area contributed by atoms with Gasteiger partial charge < -0.3 is 9.67 Å². The molecule has 2 aliphatic rings. The molecule has 1 N–H and O–H groups in total. The topological polar surface area (TPSA) is 41.3 Å². The van der Waals surface area contributed by atoms with Crippen LogP contribution in [0.2, 0.25) is 0 Å². The molecule has 0 bridgehead atoms. The first-order valence-electron chi connectivity index (χ1n) is 8.19. The molecular formula is C18H23N3O. The summed E-state index contributed by atoms with van der Waals surface area (Å²) in [6.45, 7) is 1.93. The first kappa shape index (κ1) is 14.0.